The van der Waals surface area contributed by atoms with Crippen LogP contribution in [0.2, 0.25) is 0 Å². The fraction of sp³-hybridized carbons (Fsp3) is 0.611. The van der Waals surface area contributed by atoms with E-state index in [-0.39, 0.29) is 18.4 Å². The molecule has 0 radical (unpaired) electrons. The third-order valence-electron chi connectivity index (χ3n) is 4.27. The zero-order valence-corrected chi connectivity index (χ0v) is 14.4. The van der Waals surface area contributed by atoms with Crippen LogP contribution >= 0.6 is 0 Å². The van der Waals surface area contributed by atoms with Gasteiger partial charge in [0.2, 0.25) is 5.91 Å². The predicted octanol–water partition coefficient (Wildman–Crippen LogP) is 1.92. The molecule has 0 aliphatic carbocycles. The zero-order chi connectivity index (χ0) is 17.2. The Balaban J connectivity index is 2.29. The predicted molar refractivity (Wildman–Crippen MR) is 90.3 cm³/mol. The lowest BCUT2D eigenvalue weighted by Crippen LogP contribution is -2.52. The van der Waals surface area contributed by atoms with Crippen molar-refractivity contribution in [3.8, 4) is 5.75 Å². The average Bonchev–Trinajstić information content (AvgIpc) is 2.42. The van der Waals surface area contributed by atoms with Crippen LogP contribution in [0.5, 0.6) is 5.75 Å². The van der Waals surface area contributed by atoms with Gasteiger partial charge in [0.05, 0.1) is 12.5 Å². The number of hydrogen-bond acceptors (Lipinski definition) is 4. The van der Waals surface area contributed by atoms with Crippen molar-refractivity contribution in [1.29, 1.82) is 0 Å². The summed E-state index contributed by atoms with van der Waals surface area (Å²) >= 11 is 0. The molecule has 0 bridgehead atoms. The number of nitrogens with one attached hydrogen (secondary N) is 1. The Labute approximate surface area is 138 Å². The van der Waals surface area contributed by atoms with E-state index in [4.69, 9.17) is 10.5 Å². The SMILES string of the molecule is CC(C)CCNC1c2cc(CC(N)=O)ccc2OC(C)(C)C1O. The summed E-state index contributed by atoms with van der Waals surface area (Å²) in [5.41, 5.74) is 6.33. The van der Waals surface area contributed by atoms with E-state index in [1.165, 1.54) is 0 Å². The van der Waals surface area contributed by atoms with Crippen molar-refractivity contribution >= 4 is 5.91 Å². The van der Waals surface area contributed by atoms with Crippen LogP contribution in [0.25, 0.3) is 0 Å². The maximum Gasteiger partial charge on any atom is 0.221 e. The van der Waals surface area contributed by atoms with E-state index in [9.17, 15) is 9.90 Å². The van der Waals surface area contributed by atoms with Crippen LogP contribution in [0.1, 0.15) is 51.3 Å². The van der Waals surface area contributed by atoms with Crippen molar-refractivity contribution < 1.29 is 14.6 Å². The third-order valence-corrected chi connectivity index (χ3v) is 4.27. The molecule has 0 fully saturated rings. The number of nitrogens with two attached hydrogens (primary N) is 1. The van der Waals surface area contributed by atoms with Gasteiger partial charge in [0, 0.05) is 5.56 Å². The highest BCUT2D eigenvalue weighted by atomic mass is 16.5. The minimum Gasteiger partial charge on any atom is -0.485 e. The average molecular weight is 320 g/mol. The van der Waals surface area contributed by atoms with Gasteiger partial charge in [-0.2, -0.15) is 0 Å². The Bertz CT molecular complexity index is 569. The summed E-state index contributed by atoms with van der Waals surface area (Å²) in [6, 6.07) is 5.40. The van der Waals surface area contributed by atoms with Crippen LogP contribution in [0.15, 0.2) is 18.2 Å². The van der Waals surface area contributed by atoms with Gasteiger partial charge in [-0.3, -0.25) is 4.79 Å². The molecule has 0 saturated heterocycles. The van der Waals surface area contributed by atoms with Crippen LogP contribution in [0.3, 0.4) is 0 Å². The summed E-state index contributed by atoms with van der Waals surface area (Å²) in [4.78, 5) is 11.2. The van der Waals surface area contributed by atoms with E-state index in [1.54, 1.807) is 0 Å². The van der Waals surface area contributed by atoms with Crippen molar-refractivity contribution in [2.45, 2.75) is 58.3 Å². The van der Waals surface area contributed by atoms with Crippen LogP contribution in [-0.2, 0) is 11.2 Å². The second-order valence-corrected chi connectivity index (χ2v) is 7.28. The largest absolute Gasteiger partial charge is 0.485 e. The molecule has 5 heteroatoms. The fourth-order valence-corrected chi connectivity index (χ4v) is 2.91. The summed E-state index contributed by atoms with van der Waals surface area (Å²) in [6.07, 6.45) is 0.540. The number of fused-ring (bicyclic) bond motifs is 1. The van der Waals surface area contributed by atoms with Crippen LogP contribution in [-0.4, -0.2) is 29.3 Å². The summed E-state index contributed by atoms with van der Waals surface area (Å²) in [6.45, 7) is 8.93. The Morgan fingerprint density at radius 1 is 1.43 bits per heavy atom. The molecule has 0 saturated carbocycles. The molecule has 0 aromatic heterocycles. The maximum absolute atomic E-state index is 11.2. The molecule has 0 spiro atoms. The van der Waals surface area contributed by atoms with E-state index in [2.05, 4.69) is 19.2 Å². The number of aliphatic hydroxyl groups excluding tert-OH is 1. The number of carbonyl (C=O) groups is 1. The number of aliphatic hydroxyl groups is 1. The summed E-state index contributed by atoms with van der Waals surface area (Å²) < 4.78 is 5.94. The molecule has 1 amide bonds. The fourth-order valence-electron chi connectivity index (χ4n) is 2.91. The first-order chi connectivity index (χ1) is 10.7. The van der Waals surface area contributed by atoms with Crippen molar-refractivity contribution in [2.75, 3.05) is 6.54 Å². The van der Waals surface area contributed by atoms with Crippen molar-refractivity contribution in [2.24, 2.45) is 11.7 Å². The zero-order valence-electron chi connectivity index (χ0n) is 14.4. The minimum absolute atomic E-state index is 0.186. The number of ether oxygens (including phenoxy) is 1. The molecule has 1 heterocycles. The molecule has 5 nitrogen and oxygen atoms in total. The van der Waals surface area contributed by atoms with Gasteiger partial charge in [0.25, 0.3) is 0 Å². The lowest BCUT2D eigenvalue weighted by atomic mass is 9.85. The molecule has 1 aliphatic heterocycles. The van der Waals surface area contributed by atoms with E-state index < -0.39 is 11.7 Å². The smallest absolute Gasteiger partial charge is 0.221 e. The normalized spacial score (nSPS) is 22.5. The standard InChI is InChI=1S/C18H28N2O3/c1-11(2)7-8-20-16-13-9-12(10-15(19)21)5-6-14(13)23-18(3,4)17(16)22/h5-6,9,11,16-17,20,22H,7-8,10H2,1-4H3,(H2,19,21). The molecule has 2 atom stereocenters. The Hall–Kier alpha value is -1.59. The Kier molecular flexibility index (Phi) is 5.32. The van der Waals surface area contributed by atoms with Gasteiger partial charge < -0.3 is 20.9 Å². The minimum atomic E-state index is -0.675. The number of hydrogen-bond donors (Lipinski definition) is 3. The first-order valence-electron chi connectivity index (χ1n) is 8.22. The second-order valence-electron chi connectivity index (χ2n) is 7.28. The van der Waals surface area contributed by atoms with Crippen molar-refractivity contribution in [1.82, 2.24) is 5.32 Å². The van der Waals surface area contributed by atoms with Crippen LogP contribution in [0, 0.1) is 5.92 Å². The topological polar surface area (TPSA) is 84.6 Å². The number of benzene rings is 1. The van der Waals surface area contributed by atoms with E-state index in [0.29, 0.717) is 5.92 Å². The lowest BCUT2D eigenvalue weighted by molar-refractivity contribution is -0.117. The second kappa shape index (κ2) is 6.89. The van der Waals surface area contributed by atoms with Crippen LogP contribution < -0.4 is 15.8 Å². The van der Waals surface area contributed by atoms with E-state index in [1.807, 2.05) is 32.0 Å². The first-order valence-corrected chi connectivity index (χ1v) is 8.22. The number of carbonyl (C=O) groups excluding carboxylic acids is 1. The summed E-state index contributed by atoms with van der Waals surface area (Å²) in [7, 11) is 0. The maximum atomic E-state index is 11.2. The third kappa shape index (κ3) is 4.24. The molecular formula is C18H28N2O3. The Morgan fingerprint density at radius 3 is 2.74 bits per heavy atom. The molecule has 2 rings (SSSR count). The van der Waals surface area contributed by atoms with E-state index >= 15 is 0 Å². The van der Waals surface area contributed by atoms with Crippen LogP contribution in [0.4, 0.5) is 0 Å². The first kappa shape index (κ1) is 17.8. The summed E-state index contributed by atoms with van der Waals surface area (Å²) in [5.74, 6) is 0.968. The number of primary amides is 1. The summed E-state index contributed by atoms with van der Waals surface area (Å²) in [5, 5.41) is 14.2. The highest BCUT2D eigenvalue weighted by molar-refractivity contribution is 5.76. The monoisotopic (exact) mass is 320 g/mol. The van der Waals surface area contributed by atoms with E-state index in [0.717, 1.165) is 29.8 Å². The number of amides is 1. The van der Waals surface area contributed by atoms with Gasteiger partial charge in [-0.1, -0.05) is 19.9 Å². The molecule has 23 heavy (non-hydrogen) atoms. The molecule has 1 aliphatic rings. The molecule has 128 valence electrons. The highest BCUT2D eigenvalue weighted by Gasteiger charge is 2.42. The molecular weight excluding hydrogens is 292 g/mol. The number of rotatable bonds is 6. The molecule has 1 aromatic rings. The highest BCUT2D eigenvalue weighted by Crippen LogP contribution is 2.40. The van der Waals surface area contributed by atoms with Gasteiger partial charge in [-0.25, -0.2) is 0 Å². The quantitative estimate of drug-likeness (QED) is 0.747. The molecule has 2 unspecified atom stereocenters. The molecule has 4 N–H and O–H groups in total. The van der Waals surface area contributed by atoms with Crippen molar-refractivity contribution in [3.05, 3.63) is 29.3 Å². The van der Waals surface area contributed by atoms with Gasteiger partial charge in [0.15, 0.2) is 0 Å². The Morgan fingerprint density at radius 2 is 2.13 bits per heavy atom. The van der Waals surface area contributed by atoms with Crippen molar-refractivity contribution in [3.63, 3.8) is 0 Å². The van der Waals surface area contributed by atoms with Gasteiger partial charge in [-0.05, 0) is 50.4 Å². The van der Waals surface area contributed by atoms with Gasteiger partial charge >= 0.3 is 0 Å². The lowest BCUT2D eigenvalue weighted by Gasteiger charge is -2.42. The van der Waals surface area contributed by atoms with Gasteiger partial charge in [-0.15, -0.1) is 0 Å². The molecule has 1 aromatic carbocycles. The van der Waals surface area contributed by atoms with Gasteiger partial charge in [0.1, 0.15) is 17.5 Å².